The van der Waals surface area contributed by atoms with Crippen LogP contribution >= 0.6 is 7.82 Å². The SMILES string of the molecule is C[Si](C)(C)CCOP(=O)(O)OC(O)c1cccc(F)c1. The van der Waals surface area contributed by atoms with Crippen molar-refractivity contribution in [1.82, 2.24) is 0 Å². The summed E-state index contributed by atoms with van der Waals surface area (Å²) in [6.45, 7) is 6.38. The Balaban J connectivity index is 2.55. The highest BCUT2D eigenvalue weighted by molar-refractivity contribution is 7.47. The molecule has 1 aromatic carbocycles. The summed E-state index contributed by atoms with van der Waals surface area (Å²) in [4.78, 5) is 9.49. The molecule has 0 aromatic heterocycles. The molecule has 0 saturated heterocycles. The maximum atomic E-state index is 13.0. The van der Waals surface area contributed by atoms with Crippen molar-refractivity contribution in [3.63, 3.8) is 0 Å². The zero-order valence-corrected chi connectivity index (χ0v) is 13.6. The number of phosphoric acid groups is 1. The first kappa shape index (κ1) is 17.5. The Morgan fingerprint density at radius 3 is 2.60 bits per heavy atom. The second-order valence-corrected chi connectivity index (χ2v) is 12.7. The second kappa shape index (κ2) is 6.93. The first-order valence-corrected chi connectivity index (χ1v) is 11.4. The third kappa shape index (κ3) is 6.74. The van der Waals surface area contributed by atoms with Crippen LogP contribution in [0.5, 0.6) is 0 Å². The number of hydrogen-bond acceptors (Lipinski definition) is 4. The molecule has 2 N–H and O–H groups in total. The number of aliphatic hydroxyl groups excluding tert-OH is 1. The van der Waals surface area contributed by atoms with Crippen molar-refractivity contribution < 1.29 is 28.0 Å². The molecular weight excluding hydrogens is 302 g/mol. The monoisotopic (exact) mass is 322 g/mol. The van der Waals surface area contributed by atoms with Crippen LogP contribution in [-0.2, 0) is 13.6 Å². The van der Waals surface area contributed by atoms with E-state index in [1.54, 1.807) is 0 Å². The van der Waals surface area contributed by atoms with Crippen LogP contribution in [0.25, 0.3) is 0 Å². The third-order valence-electron chi connectivity index (χ3n) is 2.47. The zero-order chi connectivity index (χ0) is 15.4. The van der Waals surface area contributed by atoms with E-state index >= 15 is 0 Å². The van der Waals surface area contributed by atoms with Gasteiger partial charge in [-0.2, -0.15) is 0 Å². The highest BCUT2D eigenvalue weighted by Crippen LogP contribution is 2.47. The summed E-state index contributed by atoms with van der Waals surface area (Å²) in [5.74, 6) is -0.572. The lowest BCUT2D eigenvalue weighted by molar-refractivity contribution is -0.0443. The molecular formula is C12H20FO5PSi. The topological polar surface area (TPSA) is 76.0 Å². The minimum atomic E-state index is -4.37. The quantitative estimate of drug-likeness (QED) is 0.458. The first-order chi connectivity index (χ1) is 9.09. The number of rotatable bonds is 7. The number of aliphatic hydroxyl groups is 1. The van der Waals surface area contributed by atoms with Crippen LogP contribution in [0.1, 0.15) is 11.9 Å². The van der Waals surface area contributed by atoms with Crippen LogP contribution in [0.2, 0.25) is 25.7 Å². The minimum Gasteiger partial charge on any atom is -0.364 e. The van der Waals surface area contributed by atoms with Gasteiger partial charge in [0.05, 0.1) is 6.61 Å². The minimum absolute atomic E-state index is 0.0491. The molecule has 0 spiro atoms. The maximum absolute atomic E-state index is 13.0. The number of halogens is 1. The molecule has 2 atom stereocenters. The highest BCUT2D eigenvalue weighted by Gasteiger charge is 2.27. The Kier molecular flexibility index (Phi) is 6.06. The van der Waals surface area contributed by atoms with Crippen molar-refractivity contribution in [2.24, 2.45) is 0 Å². The van der Waals surface area contributed by atoms with Crippen LogP contribution in [0.15, 0.2) is 24.3 Å². The van der Waals surface area contributed by atoms with Crippen molar-refractivity contribution in [1.29, 1.82) is 0 Å². The predicted molar refractivity (Wildman–Crippen MR) is 76.4 cm³/mol. The molecule has 8 heteroatoms. The maximum Gasteiger partial charge on any atom is 0.474 e. The summed E-state index contributed by atoms with van der Waals surface area (Å²) in [6.07, 6.45) is -1.71. The Labute approximate surface area is 119 Å². The van der Waals surface area contributed by atoms with Gasteiger partial charge in [0.25, 0.3) is 0 Å². The van der Waals surface area contributed by atoms with Gasteiger partial charge < -0.3 is 10.00 Å². The van der Waals surface area contributed by atoms with Crippen LogP contribution in [-0.4, -0.2) is 24.7 Å². The lowest BCUT2D eigenvalue weighted by Gasteiger charge is -2.19. The molecule has 5 nitrogen and oxygen atoms in total. The van der Waals surface area contributed by atoms with E-state index in [2.05, 4.69) is 24.2 Å². The molecule has 0 amide bonds. The molecule has 0 radical (unpaired) electrons. The molecule has 0 bridgehead atoms. The summed E-state index contributed by atoms with van der Waals surface area (Å²) in [5.41, 5.74) is 0.0491. The molecule has 20 heavy (non-hydrogen) atoms. The fourth-order valence-corrected chi connectivity index (χ4v) is 2.99. The predicted octanol–water partition coefficient (Wildman–Crippen LogP) is 3.29. The largest absolute Gasteiger partial charge is 0.474 e. The van der Waals surface area contributed by atoms with Crippen molar-refractivity contribution in [2.45, 2.75) is 32.0 Å². The van der Waals surface area contributed by atoms with Gasteiger partial charge >= 0.3 is 7.82 Å². The molecule has 0 saturated carbocycles. The van der Waals surface area contributed by atoms with Gasteiger partial charge in [-0.15, -0.1) is 0 Å². The molecule has 0 aliphatic carbocycles. The summed E-state index contributed by atoms with van der Waals surface area (Å²) in [7, 11) is -5.76. The highest BCUT2D eigenvalue weighted by atomic mass is 31.2. The van der Waals surface area contributed by atoms with Crippen LogP contribution in [0, 0.1) is 5.82 Å². The van der Waals surface area contributed by atoms with Gasteiger partial charge in [-0.3, -0.25) is 9.05 Å². The van der Waals surface area contributed by atoms with E-state index in [9.17, 15) is 19.0 Å². The van der Waals surface area contributed by atoms with Gasteiger partial charge in [0, 0.05) is 13.6 Å². The lowest BCUT2D eigenvalue weighted by atomic mass is 10.2. The van der Waals surface area contributed by atoms with Gasteiger partial charge in [-0.05, 0) is 18.2 Å². The molecule has 0 aliphatic heterocycles. The molecule has 0 aliphatic rings. The summed E-state index contributed by atoms with van der Waals surface area (Å²) in [5, 5.41) is 9.65. The van der Waals surface area contributed by atoms with Crippen molar-refractivity contribution in [2.75, 3.05) is 6.61 Å². The average molecular weight is 322 g/mol. The van der Waals surface area contributed by atoms with E-state index in [1.165, 1.54) is 18.2 Å². The second-order valence-electron chi connectivity index (χ2n) is 5.63. The summed E-state index contributed by atoms with van der Waals surface area (Å²) >= 11 is 0. The first-order valence-electron chi connectivity index (χ1n) is 6.18. The molecule has 0 fully saturated rings. The van der Waals surface area contributed by atoms with Crippen molar-refractivity contribution >= 4 is 15.9 Å². The normalized spacial score (nSPS) is 16.7. The van der Waals surface area contributed by atoms with Gasteiger partial charge in [0.2, 0.25) is 0 Å². The van der Waals surface area contributed by atoms with E-state index in [0.29, 0.717) is 6.04 Å². The number of benzene rings is 1. The van der Waals surface area contributed by atoms with E-state index in [4.69, 9.17) is 4.52 Å². The van der Waals surface area contributed by atoms with E-state index in [-0.39, 0.29) is 12.2 Å². The Morgan fingerprint density at radius 1 is 1.40 bits per heavy atom. The van der Waals surface area contributed by atoms with Gasteiger partial charge in [-0.1, -0.05) is 31.8 Å². The molecule has 1 rings (SSSR count). The molecule has 114 valence electrons. The average Bonchev–Trinajstić information content (AvgIpc) is 2.26. The summed E-state index contributed by atoms with van der Waals surface area (Å²) in [6, 6.07) is 5.66. The third-order valence-corrected chi connectivity index (χ3v) is 5.15. The molecule has 2 unspecified atom stereocenters. The van der Waals surface area contributed by atoms with Gasteiger partial charge in [0.15, 0.2) is 6.29 Å². The van der Waals surface area contributed by atoms with Crippen molar-refractivity contribution in [3.8, 4) is 0 Å². The smallest absolute Gasteiger partial charge is 0.364 e. The van der Waals surface area contributed by atoms with Crippen LogP contribution < -0.4 is 0 Å². The van der Waals surface area contributed by atoms with Gasteiger partial charge in [0.1, 0.15) is 5.82 Å². The van der Waals surface area contributed by atoms with Crippen LogP contribution in [0.3, 0.4) is 0 Å². The van der Waals surface area contributed by atoms with E-state index in [1.807, 2.05) is 0 Å². The Hall–Kier alpha value is -0.563. The van der Waals surface area contributed by atoms with E-state index < -0.39 is 28.0 Å². The fourth-order valence-electron chi connectivity index (χ4n) is 1.34. The molecule has 0 heterocycles. The summed E-state index contributed by atoms with van der Waals surface area (Å²) < 4.78 is 34.0. The van der Waals surface area contributed by atoms with E-state index in [0.717, 1.165) is 6.07 Å². The van der Waals surface area contributed by atoms with Gasteiger partial charge in [-0.25, -0.2) is 8.96 Å². The standard InChI is InChI=1S/C12H20FO5PSi/c1-20(2,3)8-7-17-19(15,16)18-12(14)10-5-4-6-11(13)9-10/h4-6,9,12,14H,7-8H2,1-3H3,(H,15,16). The number of hydrogen-bond donors (Lipinski definition) is 2. The molecule has 1 aromatic rings. The lowest BCUT2D eigenvalue weighted by Crippen LogP contribution is -2.21. The Morgan fingerprint density at radius 2 is 2.05 bits per heavy atom. The Bertz CT molecular complexity index is 491. The zero-order valence-electron chi connectivity index (χ0n) is 11.7. The van der Waals surface area contributed by atoms with Crippen LogP contribution in [0.4, 0.5) is 4.39 Å². The fraction of sp³-hybridized carbons (Fsp3) is 0.500. The van der Waals surface area contributed by atoms with Crippen molar-refractivity contribution in [3.05, 3.63) is 35.6 Å². The number of phosphoric ester groups is 1.